The number of aromatic nitrogens is 4. The van der Waals surface area contributed by atoms with Gasteiger partial charge in [-0.1, -0.05) is 13.3 Å². The number of unbranched alkanes of at least 4 members (excludes halogenated alkanes) is 1. The number of rotatable bonds is 9. The fourth-order valence-electron chi connectivity index (χ4n) is 2.54. The van der Waals surface area contributed by atoms with E-state index in [1.807, 2.05) is 24.3 Å². The zero-order valence-corrected chi connectivity index (χ0v) is 15.5. The smallest absolute Gasteiger partial charge is 0.231 e. The Hall–Kier alpha value is -3.16. The normalized spacial score (nSPS) is 10.7. The summed E-state index contributed by atoms with van der Waals surface area (Å²) in [5.74, 6) is 1.88. The summed E-state index contributed by atoms with van der Waals surface area (Å²) in [4.78, 5) is 11.6. The van der Waals surface area contributed by atoms with Crippen molar-refractivity contribution < 1.29 is 14.3 Å². The Morgan fingerprint density at radius 1 is 1.15 bits per heavy atom. The molecule has 0 fully saturated rings. The molecule has 8 nitrogen and oxygen atoms in total. The first-order valence-corrected chi connectivity index (χ1v) is 8.97. The van der Waals surface area contributed by atoms with Gasteiger partial charge in [0.2, 0.25) is 11.8 Å². The zero-order valence-electron chi connectivity index (χ0n) is 15.5. The zero-order chi connectivity index (χ0) is 19.1. The minimum absolute atomic E-state index is 0.0458. The van der Waals surface area contributed by atoms with E-state index in [0.717, 1.165) is 24.2 Å². The minimum Gasteiger partial charge on any atom is -0.497 e. The summed E-state index contributed by atoms with van der Waals surface area (Å²) in [6.45, 7) is 2.84. The second kappa shape index (κ2) is 8.98. The van der Waals surface area contributed by atoms with Crippen molar-refractivity contribution in [2.45, 2.75) is 26.2 Å². The molecule has 0 bridgehead atoms. The third kappa shape index (κ3) is 4.72. The van der Waals surface area contributed by atoms with Crippen LogP contribution in [-0.4, -0.2) is 46.0 Å². The highest BCUT2D eigenvalue weighted by molar-refractivity contribution is 5.75. The molecule has 8 heteroatoms. The van der Waals surface area contributed by atoms with Crippen LogP contribution in [0.5, 0.6) is 11.6 Å². The van der Waals surface area contributed by atoms with Crippen LogP contribution >= 0.6 is 0 Å². The van der Waals surface area contributed by atoms with Crippen LogP contribution in [0, 0.1) is 0 Å². The van der Waals surface area contributed by atoms with Crippen LogP contribution in [0.2, 0.25) is 0 Å². The summed E-state index contributed by atoms with van der Waals surface area (Å²) < 4.78 is 12.5. The number of ether oxygens (including phenoxy) is 2. The summed E-state index contributed by atoms with van der Waals surface area (Å²) in [6.07, 6.45) is 2.45. The molecule has 0 saturated heterocycles. The van der Waals surface area contributed by atoms with Crippen LogP contribution in [0.4, 0.5) is 0 Å². The molecule has 3 rings (SSSR count). The first kappa shape index (κ1) is 18.6. The van der Waals surface area contributed by atoms with E-state index in [1.54, 1.807) is 23.8 Å². The molecule has 0 atom stereocenters. The topological polar surface area (TPSA) is 90.6 Å². The number of carbonyl (C=O) groups excluding carboxylic acids is 1. The minimum atomic E-state index is 0.0458. The van der Waals surface area contributed by atoms with Crippen molar-refractivity contribution in [3.05, 3.63) is 36.4 Å². The lowest BCUT2D eigenvalue weighted by Crippen LogP contribution is -2.27. The van der Waals surface area contributed by atoms with Crippen LogP contribution in [0.15, 0.2) is 36.4 Å². The molecule has 0 aliphatic rings. The molecule has 0 unspecified atom stereocenters. The fourth-order valence-corrected chi connectivity index (χ4v) is 2.54. The van der Waals surface area contributed by atoms with E-state index in [0.29, 0.717) is 36.9 Å². The second-order valence-corrected chi connectivity index (χ2v) is 6.00. The van der Waals surface area contributed by atoms with Gasteiger partial charge in [0, 0.05) is 18.1 Å². The number of amides is 1. The Morgan fingerprint density at radius 2 is 1.96 bits per heavy atom. The third-order valence-corrected chi connectivity index (χ3v) is 4.02. The van der Waals surface area contributed by atoms with Gasteiger partial charge in [0.1, 0.15) is 12.4 Å². The SMILES string of the molecule is CCCCC(=O)NCCOc1ccc2nnc(-c3ccc(OC)cc3)n2n1. The van der Waals surface area contributed by atoms with Crippen LogP contribution in [-0.2, 0) is 4.79 Å². The number of methoxy groups -OCH3 is 1. The van der Waals surface area contributed by atoms with E-state index in [1.165, 1.54) is 0 Å². The number of hydrogen-bond donors (Lipinski definition) is 1. The Morgan fingerprint density at radius 3 is 2.70 bits per heavy atom. The van der Waals surface area contributed by atoms with E-state index in [-0.39, 0.29) is 5.91 Å². The van der Waals surface area contributed by atoms with Gasteiger partial charge in [-0.25, -0.2) is 0 Å². The van der Waals surface area contributed by atoms with Crippen LogP contribution in [0.1, 0.15) is 26.2 Å². The Bertz CT molecular complexity index is 892. The third-order valence-electron chi connectivity index (χ3n) is 4.02. The van der Waals surface area contributed by atoms with Crippen molar-refractivity contribution in [2.24, 2.45) is 0 Å². The maximum absolute atomic E-state index is 11.6. The highest BCUT2D eigenvalue weighted by atomic mass is 16.5. The van der Waals surface area contributed by atoms with E-state index in [9.17, 15) is 4.79 Å². The predicted molar refractivity (Wildman–Crippen MR) is 101 cm³/mol. The lowest BCUT2D eigenvalue weighted by molar-refractivity contribution is -0.121. The van der Waals surface area contributed by atoms with Gasteiger partial charge in [-0.2, -0.15) is 4.52 Å². The van der Waals surface area contributed by atoms with Crippen molar-refractivity contribution >= 4 is 11.6 Å². The van der Waals surface area contributed by atoms with Crippen molar-refractivity contribution in [1.82, 2.24) is 25.1 Å². The number of benzene rings is 1. The summed E-state index contributed by atoms with van der Waals surface area (Å²) in [7, 11) is 1.62. The molecule has 0 radical (unpaired) electrons. The monoisotopic (exact) mass is 369 g/mol. The Balaban J connectivity index is 1.65. The number of fused-ring (bicyclic) bond motifs is 1. The second-order valence-electron chi connectivity index (χ2n) is 6.00. The standard InChI is InChI=1S/C19H23N5O3/c1-3-4-5-17(25)20-12-13-27-18-11-10-16-21-22-19(24(16)23-18)14-6-8-15(26-2)9-7-14/h6-11H,3-5,12-13H2,1-2H3,(H,20,25). The van der Waals surface area contributed by atoms with Gasteiger partial charge in [-0.05, 0) is 36.8 Å². The first-order chi connectivity index (χ1) is 13.2. The molecule has 0 saturated carbocycles. The number of nitrogens with one attached hydrogen (secondary N) is 1. The molecule has 3 aromatic rings. The molecular weight excluding hydrogens is 346 g/mol. The summed E-state index contributed by atoms with van der Waals surface area (Å²) >= 11 is 0. The molecule has 2 aromatic heterocycles. The van der Waals surface area contributed by atoms with Crippen LogP contribution in [0.3, 0.4) is 0 Å². The summed E-state index contributed by atoms with van der Waals surface area (Å²) in [5.41, 5.74) is 1.50. The van der Waals surface area contributed by atoms with Crippen molar-refractivity contribution in [2.75, 3.05) is 20.3 Å². The van der Waals surface area contributed by atoms with E-state index in [4.69, 9.17) is 9.47 Å². The van der Waals surface area contributed by atoms with Gasteiger partial charge in [0.15, 0.2) is 11.5 Å². The van der Waals surface area contributed by atoms with Crippen molar-refractivity contribution in [3.63, 3.8) is 0 Å². The highest BCUT2D eigenvalue weighted by Gasteiger charge is 2.11. The average Bonchev–Trinajstić information content (AvgIpc) is 3.13. The van der Waals surface area contributed by atoms with Gasteiger partial charge < -0.3 is 14.8 Å². The van der Waals surface area contributed by atoms with E-state index >= 15 is 0 Å². The van der Waals surface area contributed by atoms with E-state index < -0.39 is 0 Å². The maximum atomic E-state index is 11.6. The molecule has 142 valence electrons. The quantitative estimate of drug-likeness (QED) is 0.583. The molecule has 27 heavy (non-hydrogen) atoms. The van der Waals surface area contributed by atoms with Crippen LogP contribution in [0.25, 0.3) is 17.0 Å². The summed E-state index contributed by atoms with van der Waals surface area (Å²) in [6, 6.07) is 11.0. The molecule has 2 heterocycles. The fraction of sp³-hybridized carbons (Fsp3) is 0.368. The Kier molecular flexibility index (Phi) is 6.19. The largest absolute Gasteiger partial charge is 0.497 e. The van der Waals surface area contributed by atoms with Gasteiger partial charge in [0.05, 0.1) is 13.7 Å². The van der Waals surface area contributed by atoms with Gasteiger partial charge in [0.25, 0.3) is 0 Å². The molecule has 1 N–H and O–H groups in total. The van der Waals surface area contributed by atoms with Gasteiger partial charge in [-0.3, -0.25) is 4.79 Å². The number of hydrogen-bond acceptors (Lipinski definition) is 6. The Labute approximate surface area is 157 Å². The van der Waals surface area contributed by atoms with Crippen molar-refractivity contribution in [1.29, 1.82) is 0 Å². The lowest BCUT2D eigenvalue weighted by atomic mass is 10.2. The predicted octanol–water partition coefficient (Wildman–Crippen LogP) is 2.49. The number of nitrogens with zero attached hydrogens (tertiary/aromatic N) is 4. The van der Waals surface area contributed by atoms with Gasteiger partial charge >= 0.3 is 0 Å². The summed E-state index contributed by atoms with van der Waals surface area (Å²) in [5, 5.41) is 15.6. The first-order valence-electron chi connectivity index (χ1n) is 8.97. The highest BCUT2D eigenvalue weighted by Crippen LogP contribution is 2.21. The van der Waals surface area contributed by atoms with E-state index in [2.05, 4.69) is 27.5 Å². The lowest BCUT2D eigenvalue weighted by Gasteiger charge is -2.07. The van der Waals surface area contributed by atoms with Crippen molar-refractivity contribution in [3.8, 4) is 23.0 Å². The molecule has 1 aromatic carbocycles. The maximum Gasteiger partial charge on any atom is 0.231 e. The molecule has 1 amide bonds. The number of carbonyl (C=O) groups is 1. The molecule has 0 aliphatic carbocycles. The molecule has 0 aliphatic heterocycles. The average molecular weight is 369 g/mol. The van der Waals surface area contributed by atoms with Gasteiger partial charge in [-0.15, -0.1) is 15.3 Å². The van der Waals surface area contributed by atoms with Crippen LogP contribution < -0.4 is 14.8 Å². The molecule has 0 spiro atoms. The molecular formula is C19H23N5O3.